The largest absolute Gasteiger partial charge is 0.337 e. The van der Waals surface area contributed by atoms with Gasteiger partial charge in [0, 0.05) is 42.4 Å². The van der Waals surface area contributed by atoms with Crippen LogP contribution in [0.5, 0.6) is 0 Å². The predicted octanol–water partition coefficient (Wildman–Crippen LogP) is 4.47. The maximum Gasteiger partial charge on any atom is 0.319 e. The quantitative estimate of drug-likeness (QED) is 0.700. The van der Waals surface area contributed by atoms with Gasteiger partial charge in [-0.15, -0.1) is 0 Å². The van der Waals surface area contributed by atoms with Crippen molar-refractivity contribution < 1.29 is 4.79 Å². The summed E-state index contributed by atoms with van der Waals surface area (Å²) in [5, 5.41) is 6.24. The van der Waals surface area contributed by atoms with E-state index in [1.807, 2.05) is 49.4 Å². The number of nitrogens with zero attached hydrogens (tertiary/aromatic N) is 2. The summed E-state index contributed by atoms with van der Waals surface area (Å²) in [4.78, 5) is 20.4. The zero-order valence-corrected chi connectivity index (χ0v) is 15.1. The minimum absolute atomic E-state index is 0.244. The molecule has 0 aliphatic rings. The second kappa shape index (κ2) is 8.45. The number of aromatic nitrogens is 2. The van der Waals surface area contributed by atoms with E-state index in [-0.39, 0.29) is 6.03 Å². The van der Waals surface area contributed by atoms with Gasteiger partial charge in [-0.3, -0.25) is 9.97 Å². The number of benzene rings is 1. The second-order valence-corrected chi connectivity index (χ2v) is 6.30. The SMILES string of the molecule is Cc1cc(-c2ccc(NC(=O)NCCc3ccc(Cl)cn3)cc2)ccn1. The normalized spacial score (nSPS) is 10.4. The van der Waals surface area contributed by atoms with Crippen molar-refractivity contribution in [3.63, 3.8) is 0 Å². The first-order chi connectivity index (χ1) is 12.6. The standard InChI is InChI=1S/C20H19ClN4O/c1-14-12-16(8-10-22-14)15-2-5-19(6-3-15)25-20(26)23-11-9-18-7-4-17(21)13-24-18/h2-8,10,12-13H,9,11H2,1H3,(H2,23,25,26). The van der Waals surface area contributed by atoms with Gasteiger partial charge in [-0.05, 0) is 54.4 Å². The van der Waals surface area contributed by atoms with Crippen LogP contribution in [0.2, 0.25) is 5.02 Å². The van der Waals surface area contributed by atoms with Gasteiger partial charge < -0.3 is 10.6 Å². The number of nitrogens with one attached hydrogen (secondary N) is 2. The van der Waals surface area contributed by atoms with Crippen molar-refractivity contribution in [2.24, 2.45) is 0 Å². The Morgan fingerprint density at radius 1 is 1.04 bits per heavy atom. The highest BCUT2D eigenvalue weighted by atomic mass is 35.5. The van der Waals surface area contributed by atoms with Crippen molar-refractivity contribution in [3.8, 4) is 11.1 Å². The summed E-state index contributed by atoms with van der Waals surface area (Å²) in [5.74, 6) is 0. The fraction of sp³-hybridized carbons (Fsp3) is 0.150. The fourth-order valence-electron chi connectivity index (χ4n) is 2.50. The Bertz CT molecular complexity index is 879. The monoisotopic (exact) mass is 366 g/mol. The van der Waals surface area contributed by atoms with E-state index in [1.165, 1.54) is 0 Å². The topological polar surface area (TPSA) is 66.9 Å². The molecule has 0 fully saturated rings. The van der Waals surface area contributed by atoms with Gasteiger partial charge in [0.05, 0.1) is 5.02 Å². The molecule has 0 spiro atoms. The molecule has 132 valence electrons. The van der Waals surface area contributed by atoms with E-state index in [2.05, 4.69) is 20.6 Å². The summed E-state index contributed by atoms with van der Waals surface area (Å²) >= 11 is 5.80. The van der Waals surface area contributed by atoms with Crippen LogP contribution in [0.3, 0.4) is 0 Å². The highest BCUT2D eigenvalue weighted by molar-refractivity contribution is 6.30. The second-order valence-electron chi connectivity index (χ2n) is 5.86. The summed E-state index contributed by atoms with van der Waals surface area (Å²) in [6, 6.07) is 15.1. The highest BCUT2D eigenvalue weighted by Crippen LogP contribution is 2.21. The smallest absolute Gasteiger partial charge is 0.319 e. The van der Waals surface area contributed by atoms with Gasteiger partial charge in [-0.25, -0.2) is 4.79 Å². The van der Waals surface area contributed by atoms with Gasteiger partial charge in [0.25, 0.3) is 0 Å². The molecule has 6 heteroatoms. The molecule has 2 aromatic heterocycles. The summed E-state index contributed by atoms with van der Waals surface area (Å²) in [5.41, 5.74) is 4.77. The van der Waals surface area contributed by atoms with E-state index in [0.717, 1.165) is 28.2 Å². The van der Waals surface area contributed by atoms with E-state index in [9.17, 15) is 4.79 Å². The number of carbonyl (C=O) groups is 1. The fourth-order valence-corrected chi connectivity index (χ4v) is 2.62. The first-order valence-corrected chi connectivity index (χ1v) is 8.66. The molecule has 0 saturated heterocycles. The van der Waals surface area contributed by atoms with Gasteiger partial charge >= 0.3 is 6.03 Å². The molecule has 5 nitrogen and oxygen atoms in total. The van der Waals surface area contributed by atoms with Crippen molar-refractivity contribution >= 4 is 23.3 Å². The lowest BCUT2D eigenvalue weighted by atomic mass is 10.1. The molecule has 2 heterocycles. The van der Waals surface area contributed by atoms with Gasteiger partial charge in [0.2, 0.25) is 0 Å². The number of aryl methyl sites for hydroxylation is 1. The zero-order valence-electron chi connectivity index (χ0n) is 14.4. The number of pyridine rings is 2. The molecule has 2 N–H and O–H groups in total. The van der Waals surface area contributed by atoms with Gasteiger partial charge in [-0.1, -0.05) is 23.7 Å². The van der Waals surface area contributed by atoms with Crippen LogP contribution in [0.25, 0.3) is 11.1 Å². The Morgan fingerprint density at radius 3 is 2.54 bits per heavy atom. The van der Waals surface area contributed by atoms with E-state index < -0.39 is 0 Å². The molecule has 0 atom stereocenters. The first kappa shape index (κ1) is 17.9. The Kier molecular flexibility index (Phi) is 5.81. The van der Waals surface area contributed by atoms with Crippen molar-refractivity contribution in [2.45, 2.75) is 13.3 Å². The molecule has 3 rings (SSSR count). The lowest BCUT2D eigenvalue weighted by Crippen LogP contribution is -2.30. The van der Waals surface area contributed by atoms with Gasteiger partial charge in [0.15, 0.2) is 0 Å². The van der Waals surface area contributed by atoms with Crippen LogP contribution in [-0.2, 0) is 6.42 Å². The minimum Gasteiger partial charge on any atom is -0.337 e. The van der Waals surface area contributed by atoms with Crippen LogP contribution in [0.4, 0.5) is 10.5 Å². The summed E-state index contributed by atoms with van der Waals surface area (Å²) in [6.07, 6.45) is 4.04. The predicted molar refractivity (Wildman–Crippen MR) is 104 cm³/mol. The van der Waals surface area contributed by atoms with Crippen molar-refractivity contribution in [1.82, 2.24) is 15.3 Å². The van der Waals surface area contributed by atoms with Crippen LogP contribution in [0.15, 0.2) is 60.9 Å². The van der Waals surface area contributed by atoms with E-state index in [4.69, 9.17) is 11.6 Å². The number of hydrogen-bond donors (Lipinski definition) is 2. The first-order valence-electron chi connectivity index (χ1n) is 8.28. The third kappa shape index (κ3) is 5.04. The number of rotatable bonds is 5. The lowest BCUT2D eigenvalue weighted by molar-refractivity contribution is 0.252. The van der Waals surface area contributed by atoms with Crippen LogP contribution >= 0.6 is 11.6 Å². The van der Waals surface area contributed by atoms with E-state index >= 15 is 0 Å². The Balaban J connectivity index is 1.50. The lowest BCUT2D eigenvalue weighted by Gasteiger charge is -2.09. The Labute approximate surface area is 157 Å². The molecule has 3 aromatic rings. The molecule has 0 radical (unpaired) electrons. The molecule has 1 aromatic carbocycles. The number of urea groups is 1. The molecular formula is C20H19ClN4O. The Morgan fingerprint density at radius 2 is 1.85 bits per heavy atom. The van der Waals surface area contributed by atoms with E-state index in [0.29, 0.717) is 18.0 Å². The van der Waals surface area contributed by atoms with E-state index in [1.54, 1.807) is 18.5 Å². The van der Waals surface area contributed by atoms with Gasteiger partial charge in [0.1, 0.15) is 0 Å². The summed E-state index contributed by atoms with van der Waals surface area (Å²) < 4.78 is 0. The summed E-state index contributed by atoms with van der Waals surface area (Å²) in [6.45, 7) is 2.46. The van der Waals surface area contributed by atoms with Gasteiger partial charge in [-0.2, -0.15) is 0 Å². The zero-order chi connectivity index (χ0) is 18.4. The third-order valence-corrected chi connectivity index (χ3v) is 4.05. The molecule has 0 aliphatic carbocycles. The van der Waals surface area contributed by atoms with Crippen LogP contribution in [0.1, 0.15) is 11.4 Å². The van der Waals surface area contributed by atoms with Crippen LogP contribution in [-0.4, -0.2) is 22.5 Å². The maximum atomic E-state index is 12.0. The van der Waals surface area contributed by atoms with Crippen LogP contribution < -0.4 is 10.6 Å². The number of amides is 2. The molecule has 0 bridgehead atoms. The molecule has 26 heavy (non-hydrogen) atoms. The number of anilines is 1. The average Bonchev–Trinajstić information content (AvgIpc) is 2.64. The third-order valence-electron chi connectivity index (χ3n) is 3.83. The maximum absolute atomic E-state index is 12.0. The number of carbonyl (C=O) groups excluding carboxylic acids is 1. The van der Waals surface area contributed by atoms with Crippen molar-refractivity contribution in [1.29, 1.82) is 0 Å². The highest BCUT2D eigenvalue weighted by Gasteiger charge is 2.03. The summed E-state index contributed by atoms with van der Waals surface area (Å²) in [7, 11) is 0. The van der Waals surface area contributed by atoms with Crippen molar-refractivity contribution in [2.75, 3.05) is 11.9 Å². The number of halogens is 1. The molecule has 0 saturated carbocycles. The van der Waals surface area contributed by atoms with Crippen molar-refractivity contribution in [3.05, 3.63) is 77.3 Å². The molecule has 2 amide bonds. The molecule has 0 unspecified atom stereocenters. The average molecular weight is 367 g/mol. The van der Waals surface area contributed by atoms with Crippen LogP contribution in [0, 0.1) is 6.92 Å². The molecule has 0 aliphatic heterocycles. The minimum atomic E-state index is -0.244. The molecular weight excluding hydrogens is 348 g/mol. The number of hydrogen-bond acceptors (Lipinski definition) is 3. The Hall–Kier alpha value is -2.92.